The van der Waals surface area contributed by atoms with E-state index in [9.17, 15) is 9.59 Å². The fourth-order valence-electron chi connectivity index (χ4n) is 5.14. The van der Waals surface area contributed by atoms with Crippen LogP contribution >= 0.6 is 0 Å². The maximum atomic E-state index is 12.5. The highest BCUT2D eigenvalue weighted by molar-refractivity contribution is 6.90. The summed E-state index contributed by atoms with van der Waals surface area (Å²) < 4.78 is 16.3. The molecule has 0 amide bonds. The van der Waals surface area contributed by atoms with E-state index < -0.39 is 44.9 Å². The molecule has 0 rings (SSSR count). The van der Waals surface area contributed by atoms with Crippen molar-refractivity contribution >= 4 is 44.9 Å². The zero-order valence-corrected chi connectivity index (χ0v) is 28.9. The first kappa shape index (κ1) is 32.9. The minimum atomic E-state index is -1.63. The number of hydrogen-bond acceptors (Lipinski definition) is 6. The molecule has 0 aromatic carbocycles. The number of hydrogen-bond donors (Lipinski definition) is 0. The minimum Gasteiger partial charge on any atom is -0.430 e. The van der Waals surface area contributed by atoms with Crippen LogP contribution in [0.3, 0.4) is 0 Å². The van der Waals surface area contributed by atoms with Crippen LogP contribution < -0.4 is 0 Å². The Morgan fingerprint density at radius 2 is 0.706 bits per heavy atom. The topological polar surface area (TPSA) is 59.1 Å². The van der Waals surface area contributed by atoms with Crippen molar-refractivity contribution in [3.05, 3.63) is 22.9 Å². The van der Waals surface area contributed by atoms with Gasteiger partial charge in [0.2, 0.25) is 0 Å². The molecule has 0 saturated carbocycles. The van der Waals surface area contributed by atoms with Crippen molar-refractivity contribution in [2.75, 3.05) is 0 Å². The number of carbonyl (C=O) groups is 2. The van der Waals surface area contributed by atoms with Crippen molar-refractivity contribution in [1.82, 2.24) is 8.46 Å². The zero-order chi connectivity index (χ0) is 27.4. The Kier molecular flexibility index (Phi) is 11.4. The van der Waals surface area contributed by atoms with E-state index in [2.05, 4.69) is 87.0 Å². The summed E-state index contributed by atoms with van der Waals surface area (Å²) >= 11 is 0. The highest BCUT2D eigenvalue weighted by atomic mass is 28.4. The summed E-state index contributed by atoms with van der Waals surface area (Å²) in [6.07, 6.45) is 0.00284. The lowest BCUT2D eigenvalue weighted by Gasteiger charge is -2.46. The van der Waals surface area contributed by atoms with Gasteiger partial charge in [0.15, 0.2) is 0 Å². The molecule has 0 spiro atoms. The van der Waals surface area contributed by atoms with Gasteiger partial charge in [0.05, 0.1) is 12.8 Å². The van der Waals surface area contributed by atoms with Gasteiger partial charge in [0.25, 0.3) is 0 Å². The zero-order valence-electron chi connectivity index (χ0n) is 24.9. The third kappa shape index (κ3) is 10.2. The van der Waals surface area contributed by atoms with E-state index in [4.69, 9.17) is 9.47 Å². The quantitative estimate of drug-likeness (QED) is 0.154. The molecule has 0 radical (unpaired) electrons. The van der Waals surface area contributed by atoms with E-state index in [1.165, 1.54) is 0 Å². The van der Waals surface area contributed by atoms with Gasteiger partial charge < -0.3 is 17.9 Å². The first-order valence-electron chi connectivity index (χ1n) is 12.3. The Bertz CT molecular complexity index is 715. The smallest absolute Gasteiger partial charge is 0.311 e. The molecule has 10 heteroatoms. The second-order valence-corrected chi connectivity index (χ2v) is 33.1. The number of carbonyl (C=O) groups excluding carboxylic acids is 2. The first-order chi connectivity index (χ1) is 14.9. The Balaban J connectivity index is 5.33. The molecule has 0 unspecified atom stereocenters. The molecule has 0 aliphatic carbocycles. The fourth-order valence-corrected chi connectivity index (χ4v) is 25.9. The molecule has 0 N–H and O–H groups in total. The normalized spacial score (nSPS) is 14.7. The largest absolute Gasteiger partial charge is 0.430 e. The van der Waals surface area contributed by atoms with Crippen LogP contribution in [0.4, 0.5) is 0 Å². The molecule has 0 aromatic heterocycles. The van der Waals surface area contributed by atoms with Gasteiger partial charge in [-0.15, -0.1) is 0 Å². The van der Waals surface area contributed by atoms with E-state index in [1.807, 2.05) is 27.7 Å². The predicted molar refractivity (Wildman–Crippen MR) is 155 cm³/mol. The Labute approximate surface area is 214 Å². The molecular formula is C24H52N2O4Si4. The predicted octanol–water partition coefficient (Wildman–Crippen LogP) is 7.30. The molecule has 0 heterocycles. The molecule has 0 atom stereocenters. The molecule has 0 saturated heterocycles. The van der Waals surface area contributed by atoms with Crippen molar-refractivity contribution in [3.63, 3.8) is 0 Å². The van der Waals surface area contributed by atoms with E-state index in [0.29, 0.717) is 11.5 Å². The van der Waals surface area contributed by atoms with Crippen LogP contribution in [0.25, 0.3) is 0 Å². The average Bonchev–Trinajstić information content (AvgIpc) is 2.54. The summed E-state index contributed by atoms with van der Waals surface area (Å²) in [5, 5.41) is 0. The lowest BCUT2D eigenvalue weighted by molar-refractivity contribution is -0.146. The third-order valence-electron chi connectivity index (χ3n) is 5.44. The van der Waals surface area contributed by atoms with E-state index in [1.54, 1.807) is 0 Å². The second kappa shape index (κ2) is 11.7. The summed E-state index contributed by atoms with van der Waals surface area (Å²) in [6.45, 7) is 35.5. The van der Waals surface area contributed by atoms with Crippen LogP contribution in [0, 0.1) is 0 Å². The van der Waals surface area contributed by atoms with Gasteiger partial charge in [0, 0.05) is 11.4 Å². The lowest BCUT2D eigenvalue weighted by Crippen LogP contribution is -2.58. The Hall–Kier alpha value is -1.11. The van der Waals surface area contributed by atoms with Gasteiger partial charge in [0.1, 0.15) is 44.5 Å². The lowest BCUT2D eigenvalue weighted by atomic mass is 10.3. The molecule has 0 fully saturated rings. The van der Waals surface area contributed by atoms with Crippen molar-refractivity contribution < 1.29 is 19.1 Å². The highest BCUT2D eigenvalue weighted by Gasteiger charge is 2.36. The SMILES string of the molecule is C/C(OC(=O)CCC(=O)O/C(C)=C(/C)N([Si](C)(C)C)[Si](C)(C)C)=C(\C)N([Si](C)(C)C)[Si](C)(C)C. The maximum absolute atomic E-state index is 12.5. The molecule has 198 valence electrons. The van der Waals surface area contributed by atoms with Gasteiger partial charge >= 0.3 is 11.9 Å². The van der Waals surface area contributed by atoms with Crippen LogP contribution in [-0.4, -0.2) is 53.3 Å². The van der Waals surface area contributed by atoms with Crippen LogP contribution in [0.2, 0.25) is 78.6 Å². The molecule has 34 heavy (non-hydrogen) atoms. The molecule has 6 nitrogen and oxygen atoms in total. The highest BCUT2D eigenvalue weighted by Crippen LogP contribution is 2.28. The monoisotopic (exact) mass is 544 g/mol. The summed E-state index contributed by atoms with van der Waals surface area (Å²) in [5.41, 5.74) is 2.06. The van der Waals surface area contributed by atoms with Crippen molar-refractivity contribution in [2.45, 2.75) is 119 Å². The van der Waals surface area contributed by atoms with Crippen molar-refractivity contribution in [1.29, 1.82) is 0 Å². The average molecular weight is 545 g/mol. The third-order valence-corrected chi connectivity index (χ3v) is 20.2. The molecule has 0 bridgehead atoms. The summed E-state index contributed by atoms with van der Waals surface area (Å²) in [4.78, 5) is 25.0. The van der Waals surface area contributed by atoms with E-state index in [-0.39, 0.29) is 12.8 Å². The van der Waals surface area contributed by atoms with Gasteiger partial charge in [-0.1, -0.05) is 78.6 Å². The van der Waals surface area contributed by atoms with Crippen LogP contribution in [0.5, 0.6) is 0 Å². The standard InChI is InChI=1S/C24H52N2O4Si4/c1-19(25(31(5,6)7)32(8,9)10)21(3)29-23(27)17-18-24(28)30-22(4)20(2)26(33(11,12)13)34(14,15)16/h17-18H2,1-16H3/b21-19-,22-20-. The van der Waals surface area contributed by atoms with Crippen LogP contribution in [0.1, 0.15) is 40.5 Å². The fraction of sp³-hybridized carbons (Fsp3) is 0.750. The molecular weight excluding hydrogens is 493 g/mol. The second-order valence-electron chi connectivity index (χ2n) is 13.1. The summed E-state index contributed by atoms with van der Waals surface area (Å²) in [5.74, 6) is 0.445. The number of ether oxygens (including phenoxy) is 2. The van der Waals surface area contributed by atoms with Gasteiger partial charge in [-0.2, -0.15) is 0 Å². The van der Waals surface area contributed by atoms with E-state index >= 15 is 0 Å². The number of rotatable bonds is 11. The summed E-state index contributed by atoms with van der Waals surface area (Å²) in [6, 6.07) is 0. The molecule has 0 aliphatic heterocycles. The summed E-state index contributed by atoms with van der Waals surface area (Å²) in [7, 11) is -6.53. The number of esters is 2. The Morgan fingerprint density at radius 3 is 0.882 bits per heavy atom. The van der Waals surface area contributed by atoms with Gasteiger partial charge in [-0.05, 0) is 27.7 Å². The van der Waals surface area contributed by atoms with Crippen molar-refractivity contribution in [2.24, 2.45) is 0 Å². The van der Waals surface area contributed by atoms with Gasteiger partial charge in [-0.3, -0.25) is 9.59 Å². The Morgan fingerprint density at radius 1 is 0.500 bits per heavy atom. The van der Waals surface area contributed by atoms with Crippen LogP contribution in [0.15, 0.2) is 22.9 Å². The van der Waals surface area contributed by atoms with Crippen molar-refractivity contribution in [3.8, 4) is 0 Å². The molecule has 0 aromatic rings. The number of nitrogens with zero attached hydrogens (tertiary/aromatic N) is 2. The maximum Gasteiger partial charge on any atom is 0.311 e. The number of allylic oxidation sites excluding steroid dienone is 4. The van der Waals surface area contributed by atoms with Gasteiger partial charge in [-0.25, -0.2) is 0 Å². The first-order valence-corrected chi connectivity index (χ1v) is 26.1. The minimum absolute atomic E-state index is 0.00142. The van der Waals surface area contributed by atoms with E-state index in [0.717, 1.165) is 11.4 Å². The van der Waals surface area contributed by atoms with Crippen LogP contribution in [-0.2, 0) is 19.1 Å². The molecule has 0 aliphatic rings.